The molecule has 0 aliphatic heterocycles. The first-order chi connectivity index (χ1) is 13.0. The minimum atomic E-state index is -0.438. The topological polar surface area (TPSA) is 58.6 Å². The van der Waals surface area contributed by atoms with Gasteiger partial charge < -0.3 is 15.2 Å². The maximum atomic E-state index is 12.4. The Hall–Kier alpha value is -2.98. The molecule has 3 aromatic rings. The quantitative estimate of drug-likeness (QED) is 0.614. The summed E-state index contributed by atoms with van der Waals surface area (Å²) in [4.78, 5) is 12.4. The summed E-state index contributed by atoms with van der Waals surface area (Å²) in [6.07, 6.45) is 0.800. The van der Waals surface area contributed by atoms with Crippen molar-refractivity contribution in [2.45, 2.75) is 13.3 Å². The van der Waals surface area contributed by atoms with Crippen molar-refractivity contribution in [2.24, 2.45) is 0 Å². The second-order valence-corrected chi connectivity index (χ2v) is 6.67. The van der Waals surface area contributed by atoms with Gasteiger partial charge in [-0.3, -0.25) is 4.79 Å². The number of ether oxygens (including phenoxy) is 1. The van der Waals surface area contributed by atoms with Crippen molar-refractivity contribution < 1.29 is 14.6 Å². The SMILES string of the molecule is Cc1cccc(CCOc2cccc(NC(=O)c3cc(Cl)ccc3O)c2)c1. The van der Waals surface area contributed by atoms with Crippen LogP contribution in [0.5, 0.6) is 11.5 Å². The van der Waals surface area contributed by atoms with Crippen LogP contribution in [-0.2, 0) is 6.42 Å². The van der Waals surface area contributed by atoms with Crippen LogP contribution in [0.15, 0.2) is 66.7 Å². The number of phenols is 1. The van der Waals surface area contributed by atoms with Gasteiger partial charge in [-0.1, -0.05) is 47.5 Å². The molecule has 0 aromatic heterocycles. The summed E-state index contributed by atoms with van der Waals surface area (Å²) in [6, 6.07) is 19.8. The molecule has 0 aliphatic carbocycles. The molecular weight excluding hydrogens is 362 g/mol. The maximum absolute atomic E-state index is 12.4. The highest BCUT2D eigenvalue weighted by molar-refractivity contribution is 6.31. The summed E-state index contributed by atoms with van der Waals surface area (Å²) in [5.74, 6) is 0.102. The Labute approximate surface area is 163 Å². The number of amides is 1. The van der Waals surface area contributed by atoms with Crippen molar-refractivity contribution in [3.05, 3.63) is 88.4 Å². The van der Waals surface area contributed by atoms with Crippen LogP contribution in [0.25, 0.3) is 0 Å². The third kappa shape index (κ3) is 5.25. The van der Waals surface area contributed by atoms with Gasteiger partial charge in [-0.2, -0.15) is 0 Å². The monoisotopic (exact) mass is 381 g/mol. The number of benzene rings is 3. The number of nitrogens with one attached hydrogen (secondary N) is 1. The molecule has 0 fully saturated rings. The molecule has 5 heteroatoms. The molecule has 0 spiro atoms. The van der Waals surface area contributed by atoms with Gasteiger partial charge in [-0.25, -0.2) is 0 Å². The standard InChI is InChI=1S/C22H20ClNO3/c1-15-4-2-5-16(12-15)10-11-27-19-7-3-6-18(14-19)24-22(26)20-13-17(23)8-9-21(20)25/h2-9,12-14,25H,10-11H2,1H3,(H,24,26). The number of aromatic hydroxyl groups is 1. The third-order valence-corrected chi connectivity index (χ3v) is 4.27. The number of anilines is 1. The lowest BCUT2D eigenvalue weighted by molar-refractivity contribution is 0.102. The van der Waals surface area contributed by atoms with E-state index in [0.717, 1.165) is 6.42 Å². The van der Waals surface area contributed by atoms with E-state index in [2.05, 4.69) is 30.4 Å². The van der Waals surface area contributed by atoms with E-state index in [1.165, 1.54) is 29.3 Å². The first kappa shape index (κ1) is 18.8. The Morgan fingerprint density at radius 1 is 1.07 bits per heavy atom. The van der Waals surface area contributed by atoms with Gasteiger partial charge in [-0.15, -0.1) is 0 Å². The molecule has 4 nitrogen and oxygen atoms in total. The van der Waals surface area contributed by atoms with Crippen molar-refractivity contribution in [1.82, 2.24) is 0 Å². The highest BCUT2D eigenvalue weighted by atomic mass is 35.5. The summed E-state index contributed by atoms with van der Waals surface area (Å²) < 4.78 is 5.80. The highest BCUT2D eigenvalue weighted by Crippen LogP contribution is 2.24. The second-order valence-electron chi connectivity index (χ2n) is 6.23. The number of rotatable bonds is 6. The van der Waals surface area contributed by atoms with Crippen LogP contribution in [0, 0.1) is 6.92 Å². The zero-order valence-electron chi connectivity index (χ0n) is 14.9. The molecule has 2 N–H and O–H groups in total. The van der Waals surface area contributed by atoms with E-state index in [1.807, 2.05) is 12.1 Å². The zero-order valence-corrected chi connectivity index (χ0v) is 15.7. The number of carbonyl (C=O) groups excluding carboxylic acids is 1. The van der Waals surface area contributed by atoms with Crippen LogP contribution in [0.2, 0.25) is 5.02 Å². The molecule has 0 aliphatic rings. The van der Waals surface area contributed by atoms with Gasteiger partial charge in [0.2, 0.25) is 0 Å². The number of hydrogen-bond donors (Lipinski definition) is 2. The van der Waals surface area contributed by atoms with Gasteiger partial charge in [0.15, 0.2) is 0 Å². The fourth-order valence-electron chi connectivity index (χ4n) is 2.71. The largest absolute Gasteiger partial charge is 0.507 e. The fourth-order valence-corrected chi connectivity index (χ4v) is 2.88. The predicted molar refractivity (Wildman–Crippen MR) is 108 cm³/mol. The van der Waals surface area contributed by atoms with E-state index in [4.69, 9.17) is 16.3 Å². The molecule has 0 saturated heterocycles. The van der Waals surface area contributed by atoms with Crippen LogP contribution in [0.1, 0.15) is 21.5 Å². The zero-order chi connectivity index (χ0) is 19.2. The van der Waals surface area contributed by atoms with Crippen molar-refractivity contribution in [3.8, 4) is 11.5 Å². The third-order valence-electron chi connectivity index (χ3n) is 4.04. The fraction of sp³-hybridized carbons (Fsp3) is 0.136. The van der Waals surface area contributed by atoms with Crippen molar-refractivity contribution >= 4 is 23.2 Å². The number of carbonyl (C=O) groups is 1. The first-order valence-corrected chi connectivity index (χ1v) is 8.97. The van der Waals surface area contributed by atoms with Gasteiger partial charge in [0.05, 0.1) is 12.2 Å². The average Bonchev–Trinajstić information content (AvgIpc) is 2.64. The molecule has 0 bridgehead atoms. The van der Waals surface area contributed by atoms with E-state index >= 15 is 0 Å². The summed E-state index contributed by atoms with van der Waals surface area (Å²) in [7, 11) is 0. The number of aryl methyl sites for hydroxylation is 1. The van der Waals surface area contributed by atoms with Crippen LogP contribution in [-0.4, -0.2) is 17.6 Å². The molecule has 0 saturated carbocycles. The summed E-state index contributed by atoms with van der Waals surface area (Å²) >= 11 is 5.90. The average molecular weight is 382 g/mol. The van der Waals surface area contributed by atoms with E-state index in [0.29, 0.717) is 23.1 Å². The molecule has 3 rings (SSSR count). The molecule has 0 heterocycles. The lowest BCUT2D eigenvalue weighted by Gasteiger charge is -2.10. The first-order valence-electron chi connectivity index (χ1n) is 8.59. The Balaban J connectivity index is 1.61. The lowest BCUT2D eigenvalue weighted by atomic mass is 10.1. The van der Waals surface area contributed by atoms with E-state index in [-0.39, 0.29) is 11.3 Å². The smallest absolute Gasteiger partial charge is 0.259 e. The summed E-state index contributed by atoms with van der Waals surface area (Å²) in [6.45, 7) is 2.60. The molecule has 138 valence electrons. The van der Waals surface area contributed by atoms with Gasteiger partial charge in [-0.05, 0) is 42.8 Å². The minimum Gasteiger partial charge on any atom is -0.507 e. The number of halogens is 1. The predicted octanol–water partition coefficient (Wildman–Crippen LogP) is 5.23. The van der Waals surface area contributed by atoms with Crippen LogP contribution >= 0.6 is 11.6 Å². The Kier molecular flexibility index (Phi) is 5.99. The lowest BCUT2D eigenvalue weighted by Crippen LogP contribution is -2.12. The van der Waals surface area contributed by atoms with Gasteiger partial charge in [0.25, 0.3) is 5.91 Å². The van der Waals surface area contributed by atoms with E-state index in [1.54, 1.807) is 18.2 Å². The Morgan fingerprint density at radius 3 is 2.70 bits per heavy atom. The number of phenolic OH excluding ortho intramolecular Hbond substituents is 1. The maximum Gasteiger partial charge on any atom is 0.259 e. The Bertz CT molecular complexity index is 956. The summed E-state index contributed by atoms with van der Waals surface area (Å²) in [5, 5.41) is 13.0. The van der Waals surface area contributed by atoms with E-state index in [9.17, 15) is 9.90 Å². The molecular formula is C22H20ClNO3. The van der Waals surface area contributed by atoms with Crippen molar-refractivity contribution in [1.29, 1.82) is 0 Å². The second kappa shape index (κ2) is 8.60. The highest BCUT2D eigenvalue weighted by Gasteiger charge is 2.12. The van der Waals surface area contributed by atoms with Crippen molar-refractivity contribution in [3.63, 3.8) is 0 Å². The molecule has 3 aromatic carbocycles. The van der Waals surface area contributed by atoms with Gasteiger partial charge in [0, 0.05) is 23.2 Å². The molecule has 0 unspecified atom stereocenters. The minimum absolute atomic E-state index is 0.119. The van der Waals surface area contributed by atoms with Crippen LogP contribution in [0.4, 0.5) is 5.69 Å². The van der Waals surface area contributed by atoms with Gasteiger partial charge in [0.1, 0.15) is 11.5 Å². The van der Waals surface area contributed by atoms with Gasteiger partial charge >= 0.3 is 0 Å². The van der Waals surface area contributed by atoms with E-state index < -0.39 is 5.91 Å². The molecule has 0 atom stereocenters. The van der Waals surface area contributed by atoms with Crippen LogP contribution < -0.4 is 10.1 Å². The molecule has 1 amide bonds. The molecule has 0 radical (unpaired) electrons. The normalized spacial score (nSPS) is 10.4. The number of hydrogen-bond acceptors (Lipinski definition) is 3. The van der Waals surface area contributed by atoms with Crippen LogP contribution in [0.3, 0.4) is 0 Å². The Morgan fingerprint density at radius 2 is 1.89 bits per heavy atom. The van der Waals surface area contributed by atoms with Crippen molar-refractivity contribution in [2.75, 3.05) is 11.9 Å². The summed E-state index contributed by atoms with van der Waals surface area (Å²) in [5.41, 5.74) is 3.14. The molecule has 27 heavy (non-hydrogen) atoms.